The molecule has 0 amide bonds. The second kappa shape index (κ2) is 5.43. The van der Waals surface area contributed by atoms with Crippen molar-refractivity contribution in [2.45, 2.75) is 19.5 Å². The molecule has 0 bridgehead atoms. The van der Waals surface area contributed by atoms with E-state index in [-0.39, 0.29) is 15.9 Å². The predicted octanol–water partition coefficient (Wildman–Crippen LogP) is 2.52. The molecule has 13 heavy (non-hydrogen) atoms. The lowest BCUT2D eigenvalue weighted by atomic mass is 10.6. The summed E-state index contributed by atoms with van der Waals surface area (Å²) in [7, 11) is 0. The highest BCUT2D eigenvalue weighted by molar-refractivity contribution is 8.32. The Labute approximate surface area is 82.8 Å². The summed E-state index contributed by atoms with van der Waals surface area (Å²) in [5, 5.41) is -0.313. The van der Waals surface area contributed by atoms with Gasteiger partial charge in [-0.1, -0.05) is 6.92 Å². The molecule has 0 aliphatic rings. The summed E-state index contributed by atoms with van der Waals surface area (Å²) < 4.78 is 38.4. The van der Waals surface area contributed by atoms with Gasteiger partial charge in [0.25, 0.3) is 0 Å². The first kappa shape index (κ1) is 12.7. The highest BCUT2D eigenvalue weighted by atomic mass is 32.2. The fraction of sp³-hybridized carbons (Fsp3) is 0.667. The van der Waals surface area contributed by atoms with Crippen molar-refractivity contribution in [1.29, 1.82) is 0 Å². The fourth-order valence-electron chi connectivity index (χ4n) is 0.335. The number of thioether (sulfide) groups is 1. The van der Waals surface area contributed by atoms with Gasteiger partial charge in [0.1, 0.15) is 0 Å². The van der Waals surface area contributed by atoms with Crippen LogP contribution in [0.1, 0.15) is 13.3 Å². The standard InChI is InChI=1S/C6H7F3O2S2/c1-2-4(10)13-5(12)11-3-6(7,8)9/h2-3H2,1H3. The zero-order valence-electron chi connectivity index (χ0n) is 6.68. The van der Waals surface area contributed by atoms with Crippen molar-refractivity contribution < 1.29 is 22.7 Å². The van der Waals surface area contributed by atoms with Gasteiger partial charge < -0.3 is 4.74 Å². The van der Waals surface area contributed by atoms with Crippen molar-refractivity contribution in [1.82, 2.24) is 0 Å². The molecule has 0 aromatic heterocycles. The van der Waals surface area contributed by atoms with E-state index in [9.17, 15) is 18.0 Å². The smallest absolute Gasteiger partial charge is 0.422 e. The van der Waals surface area contributed by atoms with Crippen molar-refractivity contribution in [3.05, 3.63) is 0 Å². The van der Waals surface area contributed by atoms with Gasteiger partial charge >= 0.3 is 6.18 Å². The molecule has 0 heterocycles. The molecule has 0 aliphatic carbocycles. The van der Waals surface area contributed by atoms with E-state index in [4.69, 9.17) is 0 Å². The second-order valence-corrected chi connectivity index (χ2v) is 3.64. The van der Waals surface area contributed by atoms with Crippen LogP contribution in [-0.2, 0) is 9.53 Å². The lowest BCUT2D eigenvalue weighted by molar-refractivity contribution is -0.155. The third-order valence-electron chi connectivity index (χ3n) is 0.840. The van der Waals surface area contributed by atoms with E-state index in [0.717, 1.165) is 0 Å². The van der Waals surface area contributed by atoms with Gasteiger partial charge in [-0.15, -0.1) is 0 Å². The zero-order valence-corrected chi connectivity index (χ0v) is 8.31. The van der Waals surface area contributed by atoms with Crippen molar-refractivity contribution in [3.63, 3.8) is 0 Å². The van der Waals surface area contributed by atoms with Crippen LogP contribution in [0, 0.1) is 0 Å². The molecule has 0 fully saturated rings. The molecule has 0 N–H and O–H groups in total. The summed E-state index contributed by atoms with van der Waals surface area (Å²) in [5.74, 6) is 0. The third kappa shape index (κ3) is 8.04. The predicted molar refractivity (Wildman–Crippen MR) is 47.5 cm³/mol. The Morgan fingerprint density at radius 3 is 2.46 bits per heavy atom. The van der Waals surface area contributed by atoms with E-state index in [1.165, 1.54) is 0 Å². The summed E-state index contributed by atoms with van der Waals surface area (Å²) in [6.07, 6.45) is -4.21. The minimum atomic E-state index is -4.42. The Hall–Kier alpha value is -0.300. The van der Waals surface area contributed by atoms with Gasteiger partial charge in [0.2, 0.25) is 4.38 Å². The van der Waals surface area contributed by atoms with Gasteiger partial charge in [-0.25, -0.2) is 0 Å². The number of carbonyl (C=O) groups excluding carboxylic acids is 1. The SMILES string of the molecule is CCC(=O)SC(=S)OCC(F)(F)F. The first-order chi connectivity index (χ1) is 5.85. The van der Waals surface area contributed by atoms with Crippen molar-refractivity contribution in [2.24, 2.45) is 0 Å². The van der Waals surface area contributed by atoms with E-state index < -0.39 is 12.8 Å². The number of carbonyl (C=O) groups is 1. The molecular weight excluding hydrogens is 225 g/mol. The normalized spacial score (nSPS) is 11.1. The quantitative estimate of drug-likeness (QED) is 0.683. The Bertz CT molecular complexity index is 203. The monoisotopic (exact) mass is 232 g/mol. The maximum atomic E-state index is 11.6. The van der Waals surface area contributed by atoms with Crippen LogP contribution in [0.15, 0.2) is 0 Å². The molecule has 0 saturated heterocycles. The van der Waals surface area contributed by atoms with Crippen molar-refractivity contribution in [3.8, 4) is 0 Å². The molecule has 0 rings (SSSR count). The van der Waals surface area contributed by atoms with Gasteiger partial charge in [-0.2, -0.15) is 13.2 Å². The molecular formula is C6H7F3O2S2. The van der Waals surface area contributed by atoms with Crippen LogP contribution >= 0.6 is 24.0 Å². The minimum Gasteiger partial charge on any atom is -0.469 e. The molecule has 0 spiro atoms. The average Bonchev–Trinajstić information content (AvgIpc) is 1.99. The van der Waals surface area contributed by atoms with Crippen molar-refractivity contribution in [2.75, 3.05) is 6.61 Å². The van der Waals surface area contributed by atoms with Crippen LogP contribution in [0.3, 0.4) is 0 Å². The third-order valence-corrected chi connectivity index (χ3v) is 2.01. The summed E-state index contributed by atoms with van der Waals surface area (Å²) in [4.78, 5) is 10.7. The van der Waals surface area contributed by atoms with Crippen LogP contribution < -0.4 is 0 Å². The number of rotatable bonds is 2. The second-order valence-electron chi connectivity index (χ2n) is 1.98. The lowest BCUT2D eigenvalue weighted by Gasteiger charge is -2.07. The highest BCUT2D eigenvalue weighted by Crippen LogP contribution is 2.17. The van der Waals surface area contributed by atoms with Crippen LogP contribution in [0.4, 0.5) is 13.2 Å². The maximum absolute atomic E-state index is 11.6. The Morgan fingerprint density at radius 1 is 1.54 bits per heavy atom. The topological polar surface area (TPSA) is 26.3 Å². The summed E-state index contributed by atoms with van der Waals surface area (Å²) >= 11 is 4.90. The first-order valence-electron chi connectivity index (χ1n) is 3.29. The van der Waals surface area contributed by atoms with E-state index >= 15 is 0 Å². The summed E-state index contributed by atoms with van der Waals surface area (Å²) in [5.41, 5.74) is 0. The molecule has 0 atom stereocenters. The van der Waals surface area contributed by atoms with E-state index in [2.05, 4.69) is 17.0 Å². The van der Waals surface area contributed by atoms with Crippen molar-refractivity contribution >= 4 is 33.5 Å². The Kier molecular flexibility index (Phi) is 5.31. The van der Waals surface area contributed by atoms with Crippen LogP contribution in [0.2, 0.25) is 0 Å². The van der Waals surface area contributed by atoms with Crippen LogP contribution in [0.5, 0.6) is 0 Å². The molecule has 0 unspecified atom stereocenters. The molecule has 7 heteroatoms. The van der Waals surface area contributed by atoms with Crippen LogP contribution in [-0.4, -0.2) is 22.3 Å². The first-order valence-corrected chi connectivity index (χ1v) is 4.52. The molecule has 0 saturated carbocycles. The van der Waals surface area contributed by atoms with Crippen LogP contribution in [0.25, 0.3) is 0 Å². The van der Waals surface area contributed by atoms with Gasteiger partial charge in [0, 0.05) is 6.42 Å². The molecule has 0 aromatic rings. The summed E-state index contributed by atoms with van der Waals surface area (Å²) in [6.45, 7) is 0.136. The van der Waals surface area contributed by atoms with Gasteiger partial charge in [0.05, 0.1) is 0 Å². The molecule has 2 nitrogen and oxygen atoms in total. The largest absolute Gasteiger partial charge is 0.469 e. The number of hydrogen-bond acceptors (Lipinski definition) is 4. The summed E-state index contributed by atoms with van der Waals surface area (Å²) in [6, 6.07) is 0. The van der Waals surface area contributed by atoms with Gasteiger partial charge in [-0.3, -0.25) is 4.79 Å². The molecule has 76 valence electrons. The number of thiocarbonyl (C=S) groups is 1. The maximum Gasteiger partial charge on any atom is 0.422 e. The number of halogens is 3. The zero-order chi connectivity index (χ0) is 10.5. The highest BCUT2D eigenvalue weighted by Gasteiger charge is 2.29. The fourth-order valence-corrected chi connectivity index (χ4v) is 1.12. The Balaban J connectivity index is 3.70. The van der Waals surface area contributed by atoms with Gasteiger partial charge in [0.15, 0.2) is 11.7 Å². The Morgan fingerprint density at radius 2 is 2.08 bits per heavy atom. The van der Waals surface area contributed by atoms with E-state index in [0.29, 0.717) is 11.8 Å². The lowest BCUT2D eigenvalue weighted by Crippen LogP contribution is -2.18. The molecule has 0 aliphatic heterocycles. The van der Waals surface area contributed by atoms with E-state index in [1.54, 1.807) is 6.92 Å². The average molecular weight is 232 g/mol. The number of hydrogen-bond donors (Lipinski definition) is 0. The van der Waals surface area contributed by atoms with Gasteiger partial charge in [-0.05, 0) is 24.0 Å². The van der Waals surface area contributed by atoms with E-state index in [1.807, 2.05) is 0 Å². The molecule has 0 aromatic carbocycles. The molecule has 0 radical (unpaired) electrons. The number of ether oxygens (including phenoxy) is 1. The minimum absolute atomic E-state index is 0.209. The number of alkyl halides is 3.